The second kappa shape index (κ2) is 5.18. The highest BCUT2D eigenvalue weighted by molar-refractivity contribution is 5.80. The van der Waals surface area contributed by atoms with Gasteiger partial charge in [-0.05, 0) is 24.8 Å². The van der Waals surface area contributed by atoms with E-state index in [4.69, 9.17) is 5.73 Å². The van der Waals surface area contributed by atoms with Crippen LogP contribution in [-0.4, -0.2) is 18.8 Å². The lowest BCUT2D eigenvalue weighted by atomic mass is 9.87. The predicted molar refractivity (Wildman–Crippen MR) is 60.2 cm³/mol. The van der Waals surface area contributed by atoms with E-state index in [9.17, 15) is 0 Å². The van der Waals surface area contributed by atoms with Crippen molar-refractivity contribution in [1.82, 2.24) is 0 Å². The van der Waals surface area contributed by atoms with Crippen LogP contribution in [0, 0.1) is 5.41 Å². The summed E-state index contributed by atoms with van der Waals surface area (Å²) >= 11 is 0. The zero-order chi connectivity index (χ0) is 10.5. The number of allylic oxidation sites excluding steroid dienone is 2. The van der Waals surface area contributed by atoms with Crippen molar-refractivity contribution in [2.45, 2.75) is 40.7 Å². The third-order valence-electron chi connectivity index (χ3n) is 1.99. The fourth-order valence-electron chi connectivity index (χ4n) is 0.970. The molecule has 0 aliphatic heterocycles. The lowest BCUT2D eigenvalue weighted by Crippen LogP contribution is -2.16. The molecule has 0 aromatic rings. The first-order chi connectivity index (χ1) is 5.91. The summed E-state index contributed by atoms with van der Waals surface area (Å²) in [5.41, 5.74) is 6.91. The van der Waals surface area contributed by atoms with Crippen LogP contribution in [0.5, 0.6) is 0 Å². The van der Waals surface area contributed by atoms with Gasteiger partial charge in [-0.15, -0.1) is 0 Å². The van der Waals surface area contributed by atoms with Gasteiger partial charge < -0.3 is 5.73 Å². The van der Waals surface area contributed by atoms with E-state index < -0.39 is 0 Å². The second-order valence-corrected chi connectivity index (χ2v) is 4.36. The van der Waals surface area contributed by atoms with E-state index >= 15 is 0 Å². The maximum absolute atomic E-state index is 5.48. The van der Waals surface area contributed by atoms with Gasteiger partial charge in [0.05, 0.1) is 6.04 Å². The highest BCUT2D eigenvalue weighted by Crippen LogP contribution is 2.23. The number of nitrogens with zero attached hydrogens (tertiary/aromatic N) is 1. The molecule has 0 bridgehead atoms. The molecule has 76 valence electrons. The van der Waals surface area contributed by atoms with Crippen LogP contribution in [-0.2, 0) is 0 Å². The number of hydrogen-bond donors (Lipinski definition) is 1. The Bertz CT molecular complexity index is 197. The van der Waals surface area contributed by atoms with Gasteiger partial charge in [0, 0.05) is 12.8 Å². The van der Waals surface area contributed by atoms with Crippen LogP contribution in [0.3, 0.4) is 0 Å². The Kier molecular flexibility index (Phi) is 4.92. The molecule has 1 atom stereocenters. The Morgan fingerprint density at radius 2 is 2.00 bits per heavy atom. The SMILES string of the molecule is C/C=C(\C=NC(C)CN)C(C)(C)C. The highest BCUT2D eigenvalue weighted by Gasteiger charge is 2.13. The molecule has 0 saturated heterocycles. The van der Waals surface area contributed by atoms with Crippen molar-refractivity contribution >= 4 is 6.21 Å². The van der Waals surface area contributed by atoms with Gasteiger partial charge in [-0.3, -0.25) is 4.99 Å². The van der Waals surface area contributed by atoms with Crippen LogP contribution in [0.1, 0.15) is 34.6 Å². The molecule has 0 amide bonds. The van der Waals surface area contributed by atoms with Gasteiger partial charge in [0.2, 0.25) is 0 Å². The molecule has 0 fully saturated rings. The Balaban J connectivity index is 4.41. The Hall–Kier alpha value is -0.630. The van der Waals surface area contributed by atoms with E-state index in [1.54, 1.807) is 0 Å². The first-order valence-corrected chi connectivity index (χ1v) is 4.81. The number of nitrogens with two attached hydrogens (primary N) is 1. The van der Waals surface area contributed by atoms with Crippen molar-refractivity contribution in [2.24, 2.45) is 16.1 Å². The molecule has 13 heavy (non-hydrogen) atoms. The zero-order valence-electron chi connectivity index (χ0n) is 9.46. The summed E-state index contributed by atoms with van der Waals surface area (Å²) in [4.78, 5) is 4.36. The van der Waals surface area contributed by atoms with E-state index in [0.717, 1.165) is 0 Å². The van der Waals surface area contributed by atoms with Crippen molar-refractivity contribution in [2.75, 3.05) is 6.54 Å². The second-order valence-electron chi connectivity index (χ2n) is 4.36. The Morgan fingerprint density at radius 3 is 2.31 bits per heavy atom. The van der Waals surface area contributed by atoms with Crippen LogP contribution in [0.2, 0.25) is 0 Å². The van der Waals surface area contributed by atoms with Crippen molar-refractivity contribution < 1.29 is 0 Å². The summed E-state index contributed by atoms with van der Waals surface area (Å²) in [6, 6.07) is 0.220. The molecule has 0 spiro atoms. The van der Waals surface area contributed by atoms with Crippen LogP contribution < -0.4 is 5.73 Å². The van der Waals surface area contributed by atoms with Gasteiger partial charge in [-0.2, -0.15) is 0 Å². The van der Waals surface area contributed by atoms with Crippen LogP contribution in [0.25, 0.3) is 0 Å². The van der Waals surface area contributed by atoms with Gasteiger partial charge in [0.1, 0.15) is 0 Å². The third kappa shape index (κ3) is 4.83. The van der Waals surface area contributed by atoms with E-state index in [1.807, 2.05) is 20.1 Å². The molecule has 0 rings (SSSR count). The molecule has 0 aromatic heterocycles. The minimum absolute atomic E-state index is 0.173. The van der Waals surface area contributed by atoms with Crippen molar-refractivity contribution in [1.29, 1.82) is 0 Å². The average molecular weight is 182 g/mol. The minimum atomic E-state index is 0.173. The molecule has 0 aromatic carbocycles. The molecule has 2 N–H and O–H groups in total. The molecule has 2 heteroatoms. The van der Waals surface area contributed by atoms with E-state index in [0.29, 0.717) is 6.54 Å². The Morgan fingerprint density at radius 1 is 1.46 bits per heavy atom. The van der Waals surface area contributed by atoms with E-state index in [-0.39, 0.29) is 11.5 Å². The van der Waals surface area contributed by atoms with Crippen molar-refractivity contribution in [3.05, 3.63) is 11.6 Å². The molecule has 2 nitrogen and oxygen atoms in total. The van der Waals surface area contributed by atoms with Gasteiger partial charge in [0.15, 0.2) is 0 Å². The number of rotatable bonds is 3. The predicted octanol–water partition coefficient (Wildman–Crippen LogP) is 2.40. The molecular weight excluding hydrogens is 160 g/mol. The first kappa shape index (κ1) is 12.4. The molecule has 0 heterocycles. The summed E-state index contributed by atoms with van der Waals surface area (Å²) < 4.78 is 0. The minimum Gasteiger partial charge on any atom is -0.328 e. The monoisotopic (exact) mass is 182 g/mol. The summed E-state index contributed by atoms with van der Waals surface area (Å²) in [6.45, 7) is 11.2. The quantitative estimate of drug-likeness (QED) is 0.669. The molecule has 1 unspecified atom stereocenters. The number of hydrogen-bond acceptors (Lipinski definition) is 2. The summed E-state index contributed by atoms with van der Waals surface area (Å²) in [5, 5.41) is 0. The van der Waals surface area contributed by atoms with Crippen molar-refractivity contribution in [3.8, 4) is 0 Å². The molecule has 0 saturated carbocycles. The lowest BCUT2D eigenvalue weighted by Gasteiger charge is -2.19. The fraction of sp³-hybridized carbons (Fsp3) is 0.727. The lowest BCUT2D eigenvalue weighted by molar-refractivity contribution is 0.525. The standard InChI is InChI=1S/C11H22N2/c1-6-10(11(3,4)5)8-13-9(2)7-12/h6,8-9H,7,12H2,1-5H3/b10-6+,13-8?. The molecular formula is C11H22N2. The molecule has 0 aliphatic rings. The van der Waals surface area contributed by atoms with E-state index in [2.05, 4.69) is 31.8 Å². The molecule has 0 radical (unpaired) electrons. The normalized spacial score (nSPS) is 16.6. The first-order valence-electron chi connectivity index (χ1n) is 4.81. The highest BCUT2D eigenvalue weighted by atomic mass is 14.8. The van der Waals surface area contributed by atoms with Crippen LogP contribution in [0.15, 0.2) is 16.6 Å². The smallest absolute Gasteiger partial charge is 0.0593 e. The van der Waals surface area contributed by atoms with Gasteiger partial charge in [-0.1, -0.05) is 26.8 Å². The third-order valence-corrected chi connectivity index (χ3v) is 1.99. The number of aliphatic imine (C=N–C) groups is 1. The summed E-state index contributed by atoms with van der Waals surface area (Å²) in [6.07, 6.45) is 4.05. The van der Waals surface area contributed by atoms with Gasteiger partial charge >= 0.3 is 0 Å². The molecule has 0 aliphatic carbocycles. The van der Waals surface area contributed by atoms with Crippen LogP contribution >= 0.6 is 0 Å². The largest absolute Gasteiger partial charge is 0.328 e. The Labute approximate surface area is 81.9 Å². The van der Waals surface area contributed by atoms with Gasteiger partial charge in [-0.25, -0.2) is 0 Å². The summed E-state index contributed by atoms with van der Waals surface area (Å²) in [5.74, 6) is 0. The summed E-state index contributed by atoms with van der Waals surface area (Å²) in [7, 11) is 0. The average Bonchev–Trinajstić information content (AvgIpc) is 2.02. The van der Waals surface area contributed by atoms with E-state index in [1.165, 1.54) is 5.57 Å². The van der Waals surface area contributed by atoms with Crippen LogP contribution in [0.4, 0.5) is 0 Å². The maximum Gasteiger partial charge on any atom is 0.0593 e. The van der Waals surface area contributed by atoms with Crippen molar-refractivity contribution in [3.63, 3.8) is 0 Å². The zero-order valence-corrected chi connectivity index (χ0v) is 9.46. The van der Waals surface area contributed by atoms with Gasteiger partial charge in [0.25, 0.3) is 0 Å². The maximum atomic E-state index is 5.48. The topological polar surface area (TPSA) is 38.4 Å². The fourth-order valence-corrected chi connectivity index (χ4v) is 0.970.